The van der Waals surface area contributed by atoms with Gasteiger partial charge in [-0.25, -0.2) is 9.18 Å². The summed E-state index contributed by atoms with van der Waals surface area (Å²) in [5.41, 5.74) is 4.34. The number of hydrogen-bond donors (Lipinski definition) is 3. The van der Waals surface area contributed by atoms with E-state index in [1.807, 2.05) is 48.5 Å². The predicted molar refractivity (Wildman–Crippen MR) is 127 cm³/mol. The molecular formula is C27H23FN2O5. The first-order chi connectivity index (χ1) is 16.9. The van der Waals surface area contributed by atoms with E-state index < -0.39 is 29.7 Å². The summed E-state index contributed by atoms with van der Waals surface area (Å²) in [6.07, 6.45) is -0.274. The molecule has 8 heteroatoms. The van der Waals surface area contributed by atoms with Crippen molar-refractivity contribution < 1.29 is 28.6 Å². The normalized spacial score (nSPS) is 17.7. The van der Waals surface area contributed by atoms with E-state index in [0.717, 1.165) is 28.3 Å². The maximum Gasteiger partial charge on any atom is 0.411 e. The molecule has 1 saturated carbocycles. The van der Waals surface area contributed by atoms with Crippen LogP contribution >= 0.6 is 0 Å². The van der Waals surface area contributed by atoms with Crippen molar-refractivity contribution in [3.05, 3.63) is 89.2 Å². The van der Waals surface area contributed by atoms with Crippen molar-refractivity contribution in [3.63, 3.8) is 0 Å². The maximum atomic E-state index is 14.6. The Morgan fingerprint density at radius 3 is 2.23 bits per heavy atom. The number of fused-ring (bicyclic) bond motifs is 3. The Morgan fingerprint density at radius 1 is 0.971 bits per heavy atom. The van der Waals surface area contributed by atoms with Crippen LogP contribution in [0.3, 0.4) is 0 Å². The molecular weight excluding hydrogens is 451 g/mol. The lowest BCUT2D eigenvalue weighted by Crippen LogP contribution is -2.26. The molecule has 2 aliphatic carbocycles. The summed E-state index contributed by atoms with van der Waals surface area (Å²) in [4.78, 5) is 35.5. The van der Waals surface area contributed by atoms with E-state index >= 15 is 0 Å². The third kappa shape index (κ3) is 4.59. The lowest BCUT2D eigenvalue weighted by Gasteiger charge is -2.15. The molecule has 0 aliphatic heterocycles. The van der Waals surface area contributed by atoms with Gasteiger partial charge >= 0.3 is 12.1 Å². The molecule has 2 unspecified atom stereocenters. The second-order valence-corrected chi connectivity index (χ2v) is 8.80. The number of aliphatic carboxylic acids is 1. The number of halogens is 1. The Labute approximate surface area is 200 Å². The van der Waals surface area contributed by atoms with Gasteiger partial charge in [-0.2, -0.15) is 0 Å². The van der Waals surface area contributed by atoms with Crippen LogP contribution < -0.4 is 10.6 Å². The number of ether oxygens (including phenoxy) is 1. The zero-order valence-corrected chi connectivity index (χ0v) is 18.7. The summed E-state index contributed by atoms with van der Waals surface area (Å²) in [5, 5.41) is 13.9. The van der Waals surface area contributed by atoms with Crippen LogP contribution in [0, 0.1) is 17.7 Å². The van der Waals surface area contributed by atoms with Crippen LogP contribution in [0.2, 0.25) is 0 Å². The topological polar surface area (TPSA) is 105 Å². The van der Waals surface area contributed by atoms with Crippen molar-refractivity contribution >= 4 is 23.7 Å². The summed E-state index contributed by atoms with van der Waals surface area (Å²) in [6, 6.07) is 19.6. The molecule has 0 heterocycles. The molecule has 3 aromatic carbocycles. The third-order valence-corrected chi connectivity index (χ3v) is 6.58. The van der Waals surface area contributed by atoms with Crippen molar-refractivity contribution in [1.29, 1.82) is 0 Å². The van der Waals surface area contributed by atoms with Crippen LogP contribution in [-0.2, 0) is 9.53 Å². The van der Waals surface area contributed by atoms with Gasteiger partial charge in [0.2, 0.25) is 0 Å². The predicted octanol–water partition coefficient (Wildman–Crippen LogP) is 4.64. The number of amides is 2. The van der Waals surface area contributed by atoms with Gasteiger partial charge in [0, 0.05) is 18.0 Å². The van der Waals surface area contributed by atoms with E-state index in [0.29, 0.717) is 6.42 Å². The minimum atomic E-state index is -0.876. The standard InChI is InChI=1S/C27H23FN2O5/c28-23-12-15(25(31)29-13-16-11-21(16)26(32)33)9-10-24(23)30-27(34)35-14-22-19-7-3-1-5-17(19)18-6-2-4-8-20(18)22/h1-10,12,16,21-22H,11,13-14H2,(H,29,31)(H,30,34)(H,32,33). The summed E-state index contributed by atoms with van der Waals surface area (Å²) >= 11 is 0. The Balaban J connectivity index is 1.18. The molecule has 1 fully saturated rings. The van der Waals surface area contributed by atoms with Gasteiger partial charge in [-0.3, -0.25) is 14.9 Å². The lowest BCUT2D eigenvalue weighted by atomic mass is 9.98. The minimum Gasteiger partial charge on any atom is -0.481 e. The van der Waals surface area contributed by atoms with E-state index in [2.05, 4.69) is 10.6 Å². The number of benzene rings is 3. The van der Waals surface area contributed by atoms with Crippen LogP contribution in [0.4, 0.5) is 14.9 Å². The van der Waals surface area contributed by atoms with Crippen LogP contribution in [0.25, 0.3) is 11.1 Å². The van der Waals surface area contributed by atoms with Gasteiger partial charge in [-0.1, -0.05) is 48.5 Å². The molecule has 178 valence electrons. The third-order valence-electron chi connectivity index (χ3n) is 6.58. The maximum absolute atomic E-state index is 14.6. The van der Waals surface area contributed by atoms with Crippen molar-refractivity contribution in [2.75, 3.05) is 18.5 Å². The number of carboxylic acid groups (broad SMARTS) is 1. The number of carbonyl (C=O) groups is 3. The number of anilines is 1. The zero-order valence-electron chi connectivity index (χ0n) is 18.7. The number of nitrogens with one attached hydrogen (secondary N) is 2. The fourth-order valence-electron chi connectivity index (χ4n) is 4.60. The van der Waals surface area contributed by atoms with Gasteiger partial charge in [-0.15, -0.1) is 0 Å². The van der Waals surface area contributed by atoms with Gasteiger partial charge < -0.3 is 15.2 Å². The molecule has 3 N–H and O–H groups in total. The molecule has 2 amide bonds. The van der Waals surface area contributed by atoms with Crippen molar-refractivity contribution in [3.8, 4) is 11.1 Å². The molecule has 2 atom stereocenters. The van der Waals surface area contributed by atoms with Gasteiger partial charge in [0.25, 0.3) is 5.91 Å². The molecule has 0 radical (unpaired) electrons. The van der Waals surface area contributed by atoms with E-state index in [4.69, 9.17) is 9.84 Å². The minimum absolute atomic E-state index is 0.0770. The Morgan fingerprint density at radius 2 is 1.63 bits per heavy atom. The summed E-state index contributed by atoms with van der Waals surface area (Å²) in [5.74, 6) is -2.81. The van der Waals surface area contributed by atoms with Crippen molar-refractivity contribution in [1.82, 2.24) is 5.32 Å². The van der Waals surface area contributed by atoms with E-state index in [1.54, 1.807) is 0 Å². The first-order valence-electron chi connectivity index (χ1n) is 11.3. The van der Waals surface area contributed by atoms with E-state index in [1.165, 1.54) is 12.1 Å². The highest BCUT2D eigenvalue weighted by molar-refractivity contribution is 5.95. The van der Waals surface area contributed by atoms with Gasteiger partial charge in [-0.05, 0) is 52.8 Å². The van der Waals surface area contributed by atoms with Gasteiger partial charge in [0.15, 0.2) is 0 Å². The molecule has 0 spiro atoms. The van der Waals surface area contributed by atoms with Crippen molar-refractivity contribution in [2.45, 2.75) is 12.3 Å². The highest BCUT2D eigenvalue weighted by Crippen LogP contribution is 2.44. The first-order valence-corrected chi connectivity index (χ1v) is 11.3. The highest BCUT2D eigenvalue weighted by atomic mass is 19.1. The quantitative estimate of drug-likeness (QED) is 0.463. The van der Waals surface area contributed by atoms with Crippen LogP contribution in [0.1, 0.15) is 33.8 Å². The van der Waals surface area contributed by atoms with Crippen molar-refractivity contribution in [2.24, 2.45) is 11.8 Å². The number of hydrogen-bond acceptors (Lipinski definition) is 4. The molecule has 7 nitrogen and oxygen atoms in total. The second-order valence-electron chi connectivity index (χ2n) is 8.80. The van der Waals surface area contributed by atoms with Crippen LogP contribution in [0.5, 0.6) is 0 Å². The first kappa shape index (κ1) is 22.6. The average Bonchev–Trinajstić information content (AvgIpc) is 3.58. The molecule has 2 aliphatic rings. The molecule has 0 saturated heterocycles. The molecule has 0 aromatic heterocycles. The number of rotatable bonds is 7. The lowest BCUT2D eigenvalue weighted by molar-refractivity contribution is -0.138. The second kappa shape index (κ2) is 9.21. The average molecular weight is 474 g/mol. The molecule has 3 aromatic rings. The monoisotopic (exact) mass is 474 g/mol. The van der Waals surface area contributed by atoms with Crippen LogP contribution in [0.15, 0.2) is 66.7 Å². The summed E-state index contributed by atoms with van der Waals surface area (Å²) < 4.78 is 20.0. The fraction of sp³-hybridized carbons (Fsp3) is 0.222. The summed E-state index contributed by atoms with van der Waals surface area (Å²) in [7, 11) is 0. The SMILES string of the molecule is O=C(Nc1ccc(C(=O)NCC2CC2C(=O)O)cc1F)OCC1c2ccccc2-c2ccccc21. The number of carbonyl (C=O) groups excluding carboxylic acids is 2. The van der Waals surface area contributed by atoms with E-state index in [9.17, 15) is 18.8 Å². The van der Waals surface area contributed by atoms with E-state index in [-0.39, 0.29) is 36.2 Å². The zero-order chi connectivity index (χ0) is 24.5. The van der Waals surface area contributed by atoms with Gasteiger partial charge in [0.05, 0.1) is 11.6 Å². The molecule has 35 heavy (non-hydrogen) atoms. The fourth-order valence-corrected chi connectivity index (χ4v) is 4.60. The Kier molecular flexibility index (Phi) is 5.94. The largest absolute Gasteiger partial charge is 0.481 e. The molecule has 5 rings (SSSR count). The summed E-state index contributed by atoms with van der Waals surface area (Å²) in [6.45, 7) is 0.317. The van der Waals surface area contributed by atoms with Crippen LogP contribution in [-0.4, -0.2) is 36.2 Å². The number of carboxylic acids is 1. The Bertz CT molecular complexity index is 1280. The Hall–Kier alpha value is -4.20. The smallest absolute Gasteiger partial charge is 0.411 e. The highest BCUT2D eigenvalue weighted by Gasteiger charge is 2.43. The molecule has 0 bridgehead atoms. The van der Waals surface area contributed by atoms with Gasteiger partial charge in [0.1, 0.15) is 12.4 Å².